The van der Waals surface area contributed by atoms with Crippen LogP contribution in [0.4, 0.5) is 0 Å². The van der Waals surface area contributed by atoms with Crippen molar-refractivity contribution in [3.8, 4) is 0 Å². The van der Waals surface area contributed by atoms with Crippen LogP contribution >= 0.6 is 0 Å². The van der Waals surface area contributed by atoms with Crippen LogP contribution in [-0.4, -0.2) is 15.7 Å². The first-order chi connectivity index (χ1) is 9.60. The molecule has 0 aliphatic carbocycles. The van der Waals surface area contributed by atoms with Gasteiger partial charge >= 0.3 is 0 Å². The molecule has 0 saturated heterocycles. The van der Waals surface area contributed by atoms with Crippen LogP contribution in [-0.2, 0) is 17.2 Å². The summed E-state index contributed by atoms with van der Waals surface area (Å²) in [5, 5.41) is 0. The minimum Gasteiger partial charge on any atom is -0.293 e. The van der Waals surface area contributed by atoms with Gasteiger partial charge in [-0.25, -0.2) is 0 Å². The highest BCUT2D eigenvalue weighted by Crippen LogP contribution is 2.11. The van der Waals surface area contributed by atoms with Gasteiger partial charge in [-0.15, -0.1) is 0 Å². The van der Waals surface area contributed by atoms with E-state index in [4.69, 9.17) is 0 Å². The summed E-state index contributed by atoms with van der Waals surface area (Å²) in [6, 6.07) is 15.0. The molecular formula is C17H18O2S. The normalized spacial score (nSPS) is 12.1. The topological polar surface area (TPSA) is 34.1 Å². The predicted molar refractivity (Wildman–Crippen MR) is 82.6 cm³/mol. The first-order valence-corrected chi connectivity index (χ1v) is 7.99. The van der Waals surface area contributed by atoms with Crippen LogP contribution < -0.4 is 0 Å². The lowest BCUT2D eigenvalue weighted by Crippen LogP contribution is -2.11. The summed E-state index contributed by atoms with van der Waals surface area (Å²) in [6.07, 6.45) is 0.948. The molecule has 0 aliphatic rings. The zero-order valence-electron chi connectivity index (χ0n) is 11.8. The third-order valence-electron chi connectivity index (χ3n) is 3.23. The fourth-order valence-corrected chi connectivity index (χ4v) is 2.91. The number of aryl methyl sites for hydroxylation is 2. The number of Topliss-reactive ketones (excluding diaryl/α,β-unsaturated/α-hetero) is 1. The van der Waals surface area contributed by atoms with E-state index in [9.17, 15) is 9.00 Å². The summed E-state index contributed by atoms with van der Waals surface area (Å²) in [7, 11) is -1.28. The maximum atomic E-state index is 12.2. The number of carbonyl (C=O) groups is 1. The van der Waals surface area contributed by atoms with Gasteiger partial charge in [0.1, 0.15) is 0 Å². The first-order valence-electron chi connectivity index (χ1n) is 6.67. The fraction of sp³-hybridized carbons (Fsp3) is 0.235. The summed E-state index contributed by atoms with van der Waals surface area (Å²) in [5.74, 6) is -0.0410. The molecule has 1 atom stereocenters. The van der Waals surface area contributed by atoms with Crippen LogP contribution in [0.1, 0.15) is 28.4 Å². The summed E-state index contributed by atoms with van der Waals surface area (Å²) in [5.41, 5.74) is 2.94. The van der Waals surface area contributed by atoms with Crippen molar-refractivity contribution in [1.82, 2.24) is 0 Å². The molecule has 0 amide bonds. The third kappa shape index (κ3) is 3.64. The minimum absolute atomic E-state index is 0.0362. The van der Waals surface area contributed by atoms with Crippen LogP contribution in [0.25, 0.3) is 0 Å². The Morgan fingerprint density at radius 3 is 2.15 bits per heavy atom. The number of rotatable bonds is 5. The molecule has 0 fully saturated rings. The lowest BCUT2D eigenvalue weighted by Gasteiger charge is -2.04. The van der Waals surface area contributed by atoms with Crippen LogP contribution in [0, 0.1) is 6.92 Å². The molecule has 0 heterocycles. The number of carbonyl (C=O) groups excluding carboxylic acids is 1. The molecule has 104 valence electrons. The quantitative estimate of drug-likeness (QED) is 0.788. The van der Waals surface area contributed by atoms with E-state index < -0.39 is 10.8 Å². The molecule has 0 aliphatic heterocycles. The lowest BCUT2D eigenvalue weighted by molar-refractivity contribution is 0.102. The Balaban J connectivity index is 2.06. The Morgan fingerprint density at radius 1 is 1.00 bits per heavy atom. The summed E-state index contributed by atoms with van der Waals surface area (Å²) in [6.45, 7) is 4.05. The second-order valence-corrected chi connectivity index (χ2v) is 6.23. The smallest absolute Gasteiger partial charge is 0.175 e. The largest absolute Gasteiger partial charge is 0.293 e. The average molecular weight is 286 g/mol. The van der Waals surface area contributed by atoms with E-state index in [1.807, 2.05) is 55.5 Å². The minimum atomic E-state index is -1.28. The Morgan fingerprint density at radius 2 is 1.60 bits per heavy atom. The van der Waals surface area contributed by atoms with Gasteiger partial charge in [-0.3, -0.25) is 9.00 Å². The third-order valence-corrected chi connectivity index (χ3v) is 4.55. The Hall–Kier alpha value is -1.74. The highest BCUT2D eigenvalue weighted by Gasteiger charge is 2.12. The summed E-state index contributed by atoms with van der Waals surface area (Å²) < 4.78 is 12.2. The van der Waals surface area contributed by atoms with Gasteiger partial charge in [0.15, 0.2) is 5.78 Å². The molecule has 0 aromatic heterocycles. The van der Waals surface area contributed by atoms with Gasteiger partial charge in [-0.05, 0) is 31.0 Å². The zero-order chi connectivity index (χ0) is 14.5. The van der Waals surface area contributed by atoms with E-state index in [1.54, 1.807) is 0 Å². The molecule has 2 aromatic carbocycles. The molecule has 1 unspecified atom stereocenters. The van der Waals surface area contributed by atoms with Crippen molar-refractivity contribution in [2.24, 2.45) is 0 Å². The molecule has 3 heteroatoms. The maximum absolute atomic E-state index is 12.2. The van der Waals surface area contributed by atoms with Gasteiger partial charge in [-0.2, -0.15) is 0 Å². The molecule has 2 aromatic rings. The Bertz CT molecular complexity index is 612. The van der Waals surface area contributed by atoms with E-state index in [2.05, 4.69) is 6.92 Å². The standard InChI is InChI=1S/C17H18O2S/c1-3-14-6-8-15(9-7-14)17(18)12-20(19)16-10-4-13(2)5-11-16/h4-11H,3,12H2,1-2H3. The van der Waals surface area contributed by atoms with Gasteiger partial charge in [0.05, 0.1) is 16.6 Å². The van der Waals surface area contributed by atoms with Gasteiger partial charge in [-0.1, -0.05) is 48.9 Å². The van der Waals surface area contributed by atoms with E-state index >= 15 is 0 Å². The fourth-order valence-electron chi connectivity index (χ4n) is 1.90. The van der Waals surface area contributed by atoms with Crippen molar-refractivity contribution in [2.75, 3.05) is 5.75 Å². The van der Waals surface area contributed by atoms with Crippen LogP contribution in [0.3, 0.4) is 0 Å². The highest BCUT2D eigenvalue weighted by molar-refractivity contribution is 7.85. The van der Waals surface area contributed by atoms with Crippen molar-refractivity contribution in [2.45, 2.75) is 25.2 Å². The van der Waals surface area contributed by atoms with Gasteiger partial charge in [0.25, 0.3) is 0 Å². The average Bonchev–Trinajstić information content (AvgIpc) is 2.48. The molecule has 0 saturated carbocycles. The second kappa shape index (κ2) is 6.62. The number of benzene rings is 2. The zero-order valence-corrected chi connectivity index (χ0v) is 12.6. The van der Waals surface area contributed by atoms with Gasteiger partial charge < -0.3 is 0 Å². The summed E-state index contributed by atoms with van der Waals surface area (Å²) in [4.78, 5) is 12.8. The molecule has 0 N–H and O–H groups in total. The van der Waals surface area contributed by atoms with Crippen molar-refractivity contribution in [3.05, 3.63) is 65.2 Å². The van der Waals surface area contributed by atoms with Crippen molar-refractivity contribution in [3.63, 3.8) is 0 Å². The molecule has 0 bridgehead atoms. The number of ketones is 1. The summed E-state index contributed by atoms with van der Waals surface area (Å²) >= 11 is 0. The molecular weight excluding hydrogens is 268 g/mol. The van der Waals surface area contributed by atoms with E-state index in [0.29, 0.717) is 10.5 Å². The lowest BCUT2D eigenvalue weighted by atomic mass is 10.1. The molecule has 2 nitrogen and oxygen atoms in total. The van der Waals surface area contributed by atoms with Gasteiger partial charge in [0, 0.05) is 10.5 Å². The van der Waals surface area contributed by atoms with E-state index in [-0.39, 0.29) is 11.5 Å². The van der Waals surface area contributed by atoms with Crippen LogP contribution in [0.15, 0.2) is 53.4 Å². The van der Waals surface area contributed by atoms with E-state index in [0.717, 1.165) is 12.0 Å². The Labute approximate surface area is 122 Å². The monoisotopic (exact) mass is 286 g/mol. The molecule has 0 radical (unpaired) electrons. The molecule has 2 rings (SSSR count). The number of hydrogen-bond donors (Lipinski definition) is 0. The SMILES string of the molecule is CCc1ccc(C(=O)CS(=O)c2ccc(C)cc2)cc1. The van der Waals surface area contributed by atoms with Crippen molar-refractivity contribution >= 4 is 16.6 Å². The van der Waals surface area contributed by atoms with Crippen molar-refractivity contribution in [1.29, 1.82) is 0 Å². The van der Waals surface area contributed by atoms with Crippen LogP contribution in [0.2, 0.25) is 0 Å². The maximum Gasteiger partial charge on any atom is 0.175 e. The highest BCUT2D eigenvalue weighted by atomic mass is 32.2. The van der Waals surface area contributed by atoms with Crippen LogP contribution in [0.5, 0.6) is 0 Å². The van der Waals surface area contributed by atoms with Gasteiger partial charge in [0.2, 0.25) is 0 Å². The molecule has 20 heavy (non-hydrogen) atoms. The Kier molecular flexibility index (Phi) is 4.85. The second-order valence-electron chi connectivity index (χ2n) is 4.78. The first kappa shape index (κ1) is 14.7. The van der Waals surface area contributed by atoms with Crippen molar-refractivity contribution < 1.29 is 9.00 Å². The molecule has 0 spiro atoms. The van der Waals surface area contributed by atoms with E-state index in [1.165, 1.54) is 5.56 Å². The predicted octanol–water partition coefficient (Wildman–Crippen LogP) is 3.55. The number of hydrogen-bond acceptors (Lipinski definition) is 2.